The molecule has 2 aromatic heterocycles. The summed E-state index contributed by atoms with van der Waals surface area (Å²) in [6.45, 7) is -0.000328. The molecule has 6 nitrogen and oxygen atoms in total. The zero-order valence-corrected chi connectivity index (χ0v) is 13.6. The maximum atomic E-state index is 12.9. The fourth-order valence-corrected chi connectivity index (χ4v) is 2.94. The lowest BCUT2D eigenvalue weighted by molar-refractivity contribution is -0.137. The Kier molecular flexibility index (Phi) is 3.60. The van der Waals surface area contributed by atoms with E-state index in [1.807, 2.05) is 0 Å². The minimum Gasteiger partial charge on any atom is -0.489 e. The Balaban J connectivity index is 1.75. The highest BCUT2D eigenvalue weighted by Crippen LogP contribution is 2.34. The van der Waals surface area contributed by atoms with Gasteiger partial charge in [0.05, 0.1) is 17.4 Å². The van der Waals surface area contributed by atoms with Gasteiger partial charge in [-0.3, -0.25) is 4.79 Å². The molecule has 134 valence electrons. The van der Waals surface area contributed by atoms with Gasteiger partial charge in [-0.2, -0.15) is 18.3 Å². The number of carbonyl (C=O) groups excluding carboxylic acids is 1. The molecule has 1 amide bonds. The van der Waals surface area contributed by atoms with Gasteiger partial charge in [0.2, 0.25) is 0 Å². The summed E-state index contributed by atoms with van der Waals surface area (Å²) in [4.78, 5) is 18.2. The Morgan fingerprint density at radius 2 is 2.00 bits per heavy atom. The zero-order valence-electron chi connectivity index (χ0n) is 13.6. The molecule has 26 heavy (non-hydrogen) atoms. The predicted molar refractivity (Wildman–Crippen MR) is 86.9 cm³/mol. The summed E-state index contributed by atoms with van der Waals surface area (Å²) < 4.78 is 45.6. The highest BCUT2D eigenvalue weighted by atomic mass is 19.4. The van der Waals surface area contributed by atoms with Crippen molar-refractivity contribution in [3.05, 3.63) is 48.3 Å². The Labute approximate surface area is 145 Å². The molecule has 3 aromatic rings. The highest BCUT2D eigenvalue weighted by molar-refractivity contribution is 5.98. The van der Waals surface area contributed by atoms with E-state index >= 15 is 0 Å². The van der Waals surface area contributed by atoms with Crippen molar-refractivity contribution in [3.63, 3.8) is 0 Å². The lowest BCUT2D eigenvalue weighted by atomic mass is 10.2. The van der Waals surface area contributed by atoms with Gasteiger partial charge in [0, 0.05) is 18.6 Å². The van der Waals surface area contributed by atoms with Gasteiger partial charge >= 0.3 is 6.18 Å². The second kappa shape index (κ2) is 5.72. The molecule has 0 N–H and O–H groups in total. The molecule has 0 saturated heterocycles. The van der Waals surface area contributed by atoms with Crippen LogP contribution in [0, 0.1) is 0 Å². The number of rotatable bonds is 1. The number of amides is 1. The van der Waals surface area contributed by atoms with Gasteiger partial charge in [-0.05, 0) is 18.2 Å². The molecular weight excluding hydrogens is 349 g/mol. The third-order valence-electron chi connectivity index (χ3n) is 4.29. The SMILES string of the molecule is CN1C(=O)[C@@H](n2ncc3cc(C(F)(F)F)cnc32)COc2ccccc21. The minimum absolute atomic E-state index is 0.000328. The number of fused-ring (bicyclic) bond motifs is 2. The van der Waals surface area contributed by atoms with Crippen LogP contribution >= 0.6 is 0 Å². The van der Waals surface area contributed by atoms with Gasteiger partial charge in [0.25, 0.3) is 5.91 Å². The fourth-order valence-electron chi connectivity index (χ4n) is 2.94. The topological polar surface area (TPSA) is 60.2 Å². The van der Waals surface area contributed by atoms with E-state index in [9.17, 15) is 18.0 Å². The van der Waals surface area contributed by atoms with Gasteiger partial charge in [-0.15, -0.1) is 0 Å². The average Bonchev–Trinajstić information content (AvgIpc) is 2.99. The molecule has 1 aliphatic heterocycles. The van der Waals surface area contributed by atoms with Crippen LogP contribution in [0.4, 0.5) is 18.9 Å². The first-order valence-electron chi connectivity index (χ1n) is 7.76. The van der Waals surface area contributed by atoms with Gasteiger partial charge < -0.3 is 9.64 Å². The summed E-state index contributed by atoms with van der Waals surface area (Å²) in [6.07, 6.45) is -2.49. The Hall–Kier alpha value is -3.10. The maximum absolute atomic E-state index is 12.9. The largest absolute Gasteiger partial charge is 0.489 e. The van der Waals surface area contributed by atoms with Crippen molar-refractivity contribution in [1.82, 2.24) is 14.8 Å². The van der Waals surface area contributed by atoms with Crippen molar-refractivity contribution >= 4 is 22.6 Å². The molecule has 0 fully saturated rings. The van der Waals surface area contributed by atoms with Crippen LogP contribution < -0.4 is 9.64 Å². The second-order valence-corrected chi connectivity index (χ2v) is 5.92. The Morgan fingerprint density at radius 3 is 2.77 bits per heavy atom. The number of para-hydroxylation sites is 2. The summed E-state index contributed by atoms with van der Waals surface area (Å²) in [7, 11) is 1.61. The number of alkyl halides is 3. The average molecular weight is 362 g/mol. The molecule has 1 aromatic carbocycles. The number of aromatic nitrogens is 3. The van der Waals surface area contributed by atoms with E-state index in [2.05, 4.69) is 10.1 Å². The van der Waals surface area contributed by atoms with Crippen LogP contribution in [0.15, 0.2) is 42.7 Å². The molecule has 1 atom stereocenters. The molecule has 0 unspecified atom stereocenters. The van der Waals surface area contributed by atoms with Gasteiger partial charge in [-0.1, -0.05) is 12.1 Å². The summed E-state index contributed by atoms with van der Waals surface area (Å²) in [5.74, 6) is 0.260. The van der Waals surface area contributed by atoms with Crippen molar-refractivity contribution in [2.24, 2.45) is 0 Å². The van der Waals surface area contributed by atoms with Crippen LogP contribution in [0.2, 0.25) is 0 Å². The number of anilines is 1. The number of hydrogen-bond donors (Lipinski definition) is 0. The molecule has 4 rings (SSSR count). The summed E-state index contributed by atoms with van der Waals surface area (Å²) in [6, 6.07) is 7.21. The van der Waals surface area contributed by atoms with Crippen LogP contribution in [0.5, 0.6) is 5.75 Å². The quantitative estimate of drug-likeness (QED) is 0.668. The van der Waals surface area contributed by atoms with Gasteiger partial charge in [-0.25, -0.2) is 9.67 Å². The molecular formula is C17H13F3N4O2. The van der Waals surface area contributed by atoms with Crippen LogP contribution in [0.1, 0.15) is 11.6 Å². The van der Waals surface area contributed by atoms with Crippen LogP contribution in [-0.4, -0.2) is 34.3 Å². The molecule has 0 aliphatic carbocycles. The van der Waals surface area contributed by atoms with E-state index in [4.69, 9.17) is 4.74 Å². The van der Waals surface area contributed by atoms with Crippen LogP contribution in [0.3, 0.4) is 0 Å². The van der Waals surface area contributed by atoms with E-state index < -0.39 is 17.8 Å². The molecule has 3 heterocycles. The fraction of sp³-hybridized carbons (Fsp3) is 0.235. The predicted octanol–water partition coefficient (Wildman–Crippen LogP) is 3.05. The number of nitrogens with zero attached hydrogens (tertiary/aromatic N) is 4. The number of halogens is 3. The lowest BCUT2D eigenvalue weighted by Crippen LogP contribution is -2.35. The number of ether oxygens (including phenoxy) is 1. The lowest BCUT2D eigenvalue weighted by Gasteiger charge is -2.20. The zero-order chi connectivity index (χ0) is 18.5. The van der Waals surface area contributed by atoms with Crippen molar-refractivity contribution in [1.29, 1.82) is 0 Å². The van der Waals surface area contributed by atoms with Gasteiger partial charge in [0.15, 0.2) is 11.7 Å². The monoisotopic (exact) mass is 362 g/mol. The standard InChI is InChI=1S/C17H13F3N4O2/c1-23-12-4-2-3-5-14(12)26-9-13(16(23)25)24-15-10(7-22-24)6-11(8-21-15)17(18,19)20/h2-8,13H,9H2,1H3/t13-/m0/s1. The highest BCUT2D eigenvalue weighted by Gasteiger charge is 2.34. The van der Waals surface area contributed by atoms with Gasteiger partial charge in [0.1, 0.15) is 12.4 Å². The van der Waals surface area contributed by atoms with E-state index in [0.717, 1.165) is 12.3 Å². The smallest absolute Gasteiger partial charge is 0.417 e. The Bertz CT molecular complexity index is 999. The van der Waals surface area contributed by atoms with Crippen molar-refractivity contribution < 1.29 is 22.7 Å². The molecule has 1 aliphatic rings. The second-order valence-electron chi connectivity index (χ2n) is 5.92. The normalized spacial score (nSPS) is 17.8. The van der Waals surface area contributed by atoms with Crippen molar-refractivity contribution in [2.75, 3.05) is 18.6 Å². The first-order valence-corrected chi connectivity index (χ1v) is 7.76. The van der Waals surface area contributed by atoms with Crippen LogP contribution in [-0.2, 0) is 11.0 Å². The first-order chi connectivity index (χ1) is 12.4. The van der Waals surface area contributed by atoms with Crippen LogP contribution in [0.25, 0.3) is 11.0 Å². The summed E-state index contributed by atoms with van der Waals surface area (Å²) in [5.41, 5.74) is -0.0550. The molecule has 0 spiro atoms. The number of benzene rings is 1. The number of hydrogen-bond acceptors (Lipinski definition) is 4. The molecule has 0 saturated carbocycles. The van der Waals surface area contributed by atoms with E-state index in [1.165, 1.54) is 15.8 Å². The maximum Gasteiger partial charge on any atom is 0.417 e. The molecule has 9 heteroatoms. The molecule has 0 radical (unpaired) electrons. The molecule has 0 bridgehead atoms. The summed E-state index contributed by atoms with van der Waals surface area (Å²) in [5, 5.41) is 4.30. The summed E-state index contributed by atoms with van der Waals surface area (Å²) >= 11 is 0. The Morgan fingerprint density at radius 1 is 1.23 bits per heavy atom. The number of pyridine rings is 1. The first kappa shape index (κ1) is 16.4. The van der Waals surface area contributed by atoms with Crippen molar-refractivity contribution in [2.45, 2.75) is 12.2 Å². The third kappa shape index (κ3) is 2.56. The minimum atomic E-state index is -4.49. The van der Waals surface area contributed by atoms with E-state index in [-0.39, 0.29) is 23.5 Å². The third-order valence-corrected chi connectivity index (χ3v) is 4.29. The number of likely N-dealkylation sites (N-methyl/N-ethyl adjacent to an activating group) is 1. The van der Waals surface area contributed by atoms with E-state index in [0.29, 0.717) is 11.4 Å². The number of carbonyl (C=O) groups is 1. The van der Waals surface area contributed by atoms with Crippen molar-refractivity contribution in [3.8, 4) is 5.75 Å². The van der Waals surface area contributed by atoms with E-state index in [1.54, 1.807) is 31.3 Å².